The average molecular weight is 324 g/mol. The Bertz CT molecular complexity index is 517. The summed E-state index contributed by atoms with van der Waals surface area (Å²) in [4.78, 5) is 11.9. The van der Waals surface area contributed by atoms with Crippen LogP contribution >= 0.6 is 0 Å². The number of hydrogen-bond donors (Lipinski definition) is 3. The second-order valence-corrected chi connectivity index (χ2v) is 5.93. The highest BCUT2D eigenvalue weighted by Gasteiger charge is 2.21. The van der Waals surface area contributed by atoms with Gasteiger partial charge in [-0.25, -0.2) is 9.18 Å². The molecular formula is C17H25FN2O3. The number of halogens is 1. The van der Waals surface area contributed by atoms with Crippen LogP contribution in [0.15, 0.2) is 18.2 Å². The molecule has 6 heteroatoms. The number of hydrogen-bond acceptors (Lipinski definition) is 3. The SMILES string of the molecule is CCOc1ccc(CNC(=O)NC2CCC(CO)CC2)cc1F. The molecule has 1 saturated carbocycles. The summed E-state index contributed by atoms with van der Waals surface area (Å²) >= 11 is 0. The lowest BCUT2D eigenvalue weighted by Gasteiger charge is -2.27. The fourth-order valence-electron chi connectivity index (χ4n) is 2.83. The third-order valence-corrected chi connectivity index (χ3v) is 4.19. The van der Waals surface area contributed by atoms with Gasteiger partial charge in [0.25, 0.3) is 0 Å². The predicted octanol–water partition coefficient (Wildman–Crippen LogP) is 2.57. The summed E-state index contributed by atoms with van der Waals surface area (Å²) in [6.45, 7) is 2.70. The Hall–Kier alpha value is -1.82. The Kier molecular flexibility index (Phi) is 6.65. The maximum absolute atomic E-state index is 13.7. The van der Waals surface area contributed by atoms with E-state index in [1.54, 1.807) is 19.1 Å². The van der Waals surface area contributed by atoms with E-state index in [9.17, 15) is 9.18 Å². The van der Waals surface area contributed by atoms with Crippen LogP contribution in [0.1, 0.15) is 38.2 Å². The minimum absolute atomic E-state index is 0.148. The van der Waals surface area contributed by atoms with E-state index in [1.807, 2.05) is 0 Å². The number of aliphatic hydroxyl groups is 1. The minimum atomic E-state index is -0.422. The van der Waals surface area contributed by atoms with E-state index in [0.29, 0.717) is 18.1 Å². The molecule has 23 heavy (non-hydrogen) atoms. The zero-order chi connectivity index (χ0) is 16.7. The summed E-state index contributed by atoms with van der Waals surface area (Å²) in [6.07, 6.45) is 3.64. The molecule has 2 amide bonds. The Balaban J connectivity index is 1.75. The summed E-state index contributed by atoms with van der Waals surface area (Å²) in [5.74, 6) is 0.165. The highest BCUT2D eigenvalue weighted by molar-refractivity contribution is 5.74. The lowest BCUT2D eigenvalue weighted by molar-refractivity contribution is 0.174. The van der Waals surface area contributed by atoms with Gasteiger partial charge in [-0.2, -0.15) is 0 Å². The minimum Gasteiger partial charge on any atom is -0.491 e. The Labute approximate surface area is 136 Å². The summed E-state index contributed by atoms with van der Waals surface area (Å²) < 4.78 is 18.9. The molecule has 0 unspecified atom stereocenters. The standard InChI is InChI=1S/C17H25FN2O3/c1-2-23-16-8-5-13(9-15(16)18)10-19-17(22)20-14-6-3-12(11-21)4-7-14/h5,8-9,12,14,21H,2-4,6-7,10-11H2,1H3,(H2,19,20,22). The van der Waals surface area contributed by atoms with Crippen molar-refractivity contribution in [2.24, 2.45) is 5.92 Å². The van der Waals surface area contributed by atoms with Gasteiger partial charge in [-0.15, -0.1) is 0 Å². The van der Waals surface area contributed by atoms with Crippen LogP contribution in [-0.2, 0) is 6.54 Å². The second kappa shape index (κ2) is 8.72. The van der Waals surface area contributed by atoms with Crippen molar-refractivity contribution in [1.82, 2.24) is 10.6 Å². The molecule has 0 aliphatic heterocycles. The molecule has 0 spiro atoms. The molecule has 5 nitrogen and oxygen atoms in total. The average Bonchev–Trinajstić information content (AvgIpc) is 2.56. The second-order valence-electron chi connectivity index (χ2n) is 5.93. The molecule has 128 valence electrons. The van der Waals surface area contributed by atoms with Crippen LogP contribution in [0.4, 0.5) is 9.18 Å². The van der Waals surface area contributed by atoms with Crippen LogP contribution in [-0.4, -0.2) is 30.4 Å². The van der Waals surface area contributed by atoms with E-state index in [0.717, 1.165) is 25.7 Å². The third kappa shape index (κ3) is 5.39. The van der Waals surface area contributed by atoms with Crippen LogP contribution in [0.2, 0.25) is 0 Å². The van der Waals surface area contributed by atoms with Crippen molar-refractivity contribution in [3.05, 3.63) is 29.6 Å². The van der Waals surface area contributed by atoms with Crippen molar-refractivity contribution < 1.29 is 19.0 Å². The molecule has 3 N–H and O–H groups in total. The smallest absolute Gasteiger partial charge is 0.315 e. The van der Waals surface area contributed by atoms with E-state index in [-0.39, 0.29) is 31.0 Å². The summed E-state index contributed by atoms with van der Waals surface area (Å²) in [5.41, 5.74) is 0.685. The fourth-order valence-corrected chi connectivity index (χ4v) is 2.83. The highest BCUT2D eigenvalue weighted by Crippen LogP contribution is 2.23. The van der Waals surface area contributed by atoms with Crippen molar-refractivity contribution in [3.63, 3.8) is 0 Å². The van der Waals surface area contributed by atoms with Crippen LogP contribution in [0.25, 0.3) is 0 Å². The molecule has 1 aromatic carbocycles. The van der Waals surface area contributed by atoms with Crippen molar-refractivity contribution in [2.75, 3.05) is 13.2 Å². The first-order valence-electron chi connectivity index (χ1n) is 8.18. The van der Waals surface area contributed by atoms with E-state index in [1.165, 1.54) is 6.07 Å². The quantitative estimate of drug-likeness (QED) is 0.753. The van der Waals surface area contributed by atoms with E-state index < -0.39 is 5.82 Å². The first-order valence-corrected chi connectivity index (χ1v) is 8.18. The topological polar surface area (TPSA) is 70.6 Å². The molecule has 1 aromatic rings. The van der Waals surface area contributed by atoms with Crippen molar-refractivity contribution in [3.8, 4) is 5.75 Å². The largest absolute Gasteiger partial charge is 0.491 e. The number of amides is 2. The summed E-state index contributed by atoms with van der Waals surface area (Å²) in [5, 5.41) is 14.8. The predicted molar refractivity (Wildman–Crippen MR) is 85.8 cm³/mol. The van der Waals surface area contributed by atoms with E-state index in [2.05, 4.69) is 10.6 Å². The zero-order valence-corrected chi connectivity index (χ0v) is 13.5. The zero-order valence-electron chi connectivity index (χ0n) is 13.5. The molecule has 0 bridgehead atoms. The molecule has 0 radical (unpaired) electrons. The van der Waals surface area contributed by atoms with Gasteiger partial charge in [0.1, 0.15) is 0 Å². The molecule has 1 aliphatic rings. The number of rotatable bonds is 6. The van der Waals surface area contributed by atoms with Crippen LogP contribution in [0, 0.1) is 11.7 Å². The maximum atomic E-state index is 13.7. The fraction of sp³-hybridized carbons (Fsp3) is 0.588. The lowest BCUT2D eigenvalue weighted by Crippen LogP contribution is -2.43. The number of carbonyl (C=O) groups excluding carboxylic acids is 1. The molecule has 0 heterocycles. The van der Waals surface area contributed by atoms with Gasteiger partial charge in [0.2, 0.25) is 0 Å². The van der Waals surface area contributed by atoms with Crippen LogP contribution in [0.5, 0.6) is 5.75 Å². The van der Waals surface area contributed by atoms with Crippen molar-refractivity contribution >= 4 is 6.03 Å². The van der Waals surface area contributed by atoms with Gasteiger partial charge in [-0.3, -0.25) is 0 Å². The van der Waals surface area contributed by atoms with Crippen molar-refractivity contribution in [1.29, 1.82) is 0 Å². The van der Waals surface area contributed by atoms with Gasteiger partial charge < -0.3 is 20.5 Å². The number of carbonyl (C=O) groups is 1. The lowest BCUT2D eigenvalue weighted by atomic mass is 9.87. The molecule has 0 atom stereocenters. The van der Waals surface area contributed by atoms with Gasteiger partial charge in [-0.1, -0.05) is 6.07 Å². The number of urea groups is 1. The monoisotopic (exact) mass is 324 g/mol. The molecule has 0 aromatic heterocycles. The van der Waals surface area contributed by atoms with Crippen LogP contribution < -0.4 is 15.4 Å². The number of ether oxygens (including phenoxy) is 1. The Morgan fingerprint density at radius 3 is 2.70 bits per heavy atom. The van der Waals surface area contributed by atoms with Crippen molar-refractivity contribution in [2.45, 2.75) is 45.2 Å². The maximum Gasteiger partial charge on any atom is 0.315 e. The Morgan fingerprint density at radius 2 is 2.09 bits per heavy atom. The van der Waals surface area contributed by atoms with Gasteiger partial charge >= 0.3 is 6.03 Å². The molecule has 0 saturated heterocycles. The van der Waals surface area contributed by atoms with Crippen LogP contribution in [0.3, 0.4) is 0 Å². The molecular weight excluding hydrogens is 299 g/mol. The van der Waals surface area contributed by atoms with Gasteiger partial charge in [0.05, 0.1) is 6.61 Å². The highest BCUT2D eigenvalue weighted by atomic mass is 19.1. The molecule has 1 aliphatic carbocycles. The number of nitrogens with one attached hydrogen (secondary N) is 2. The van der Waals surface area contributed by atoms with Gasteiger partial charge in [0, 0.05) is 19.2 Å². The Morgan fingerprint density at radius 1 is 1.35 bits per heavy atom. The van der Waals surface area contributed by atoms with E-state index >= 15 is 0 Å². The van der Waals surface area contributed by atoms with E-state index in [4.69, 9.17) is 9.84 Å². The first kappa shape index (κ1) is 17.5. The first-order chi connectivity index (χ1) is 11.1. The van der Waals surface area contributed by atoms with Gasteiger partial charge in [0.15, 0.2) is 11.6 Å². The number of aliphatic hydroxyl groups excluding tert-OH is 1. The number of benzene rings is 1. The normalized spacial score (nSPS) is 20.8. The molecule has 2 rings (SSSR count). The summed E-state index contributed by atoms with van der Waals surface area (Å²) in [6, 6.07) is 4.59. The third-order valence-electron chi connectivity index (χ3n) is 4.19. The van der Waals surface area contributed by atoms with Gasteiger partial charge in [-0.05, 0) is 56.2 Å². The molecule has 1 fully saturated rings. The summed E-state index contributed by atoms with van der Waals surface area (Å²) in [7, 11) is 0.